The number of benzene rings is 2. The van der Waals surface area contributed by atoms with Crippen molar-refractivity contribution in [3.05, 3.63) is 65.7 Å². The maximum atomic E-state index is 12.8. The summed E-state index contributed by atoms with van der Waals surface area (Å²) in [5.74, 6) is 0.316. The first-order chi connectivity index (χ1) is 12.6. The third kappa shape index (κ3) is 3.88. The number of ether oxygens (including phenoxy) is 1. The van der Waals surface area contributed by atoms with Crippen molar-refractivity contribution in [2.24, 2.45) is 5.92 Å². The molecular weight excluding hydrogens is 324 g/mol. The molecule has 1 aliphatic rings. The molecule has 1 N–H and O–H groups in total. The molecular formula is C22H24N2O2. The lowest BCUT2D eigenvalue weighted by Gasteiger charge is -2.24. The fourth-order valence-corrected chi connectivity index (χ4v) is 3.16. The number of para-hydroxylation sites is 1. The summed E-state index contributed by atoms with van der Waals surface area (Å²) < 4.78 is 5.92. The molecule has 0 heterocycles. The van der Waals surface area contributed by atoms with Gasteiger partial charge in [0.2, 0.25) is 0 Å². The summed E-state index contributed by atoms with van der Waals surface area (Å²) in [6, 6.07) is 19.5. The van der Waals surface area contributed by atoms with Crippen LogP contribution in [0, 0.1) is 17.2 Å². The number of carbonyl (C=O) groups excluding carboxylic acids is 1. The molecule has 4 nitrogen and oxygen atoms in total. The highest BCUT2D eigenvalue weighted by molar-refractivity contribution is 5.81. The van der Waals surface area contributed by atoms with Gasteiger partial charge in [0.05, 0.1) is 5.56 Å². The lowest BCUT2D eigenvalue weighted by molar-refractivity contribution is -0.129. The average molecular weight is 348 g/mol. The number of nitrogens with one attached hydrogen (secondary N) is 1. The van der Waals surface area contributed by atoms with Crippen molar-refractivity contribution in [2.75, 3.05) is 6.54 Å². The van der Waals surface area contributed by atoms with Gasteiger partial charge in [-0.15, -0.1) is 0 Å². The van der Waals surface area contributed by atoms with Crippen LogP contribution in [0.1, 0.15) is 37.8 Å². The SMILES string of the molecule is CC(C)C(Oc1ccccc1C#N)C(=O)NCC1(c2ccccc2)CC1. The Kier molecular flexibility index (Phi) is 5.27. The van der Waals surface area contributed by atoms with E-state index in [1.54, 1.807) is 24.3 Å². The Morgan fingerprint density at radius 3 is 2.42 bits per heavy atom. The number of hydrogen-bond donors (Lipinski definition) is 1. The van der Waals surface area contributed by atoms with Gasteiger partial charge in [0.1, 0.15) is 11.8 Å². The van der Waals surface area contributed by atoms with Crippen LogP contribution in [-0.4, -0.2) is 18.6 Å². The van der Waals surface area contributed by atoms with Crippen LogP contribution in [0.15, 0.2) is 54.6 Å². The quantitative estimate of drug-likeness (QED) is 0.827. The Bertz CT molecular complexity index is 804. The van der Waals surface area contributed by atoms with Gasteiger partial charge >= 0.3 is 0 Å². The van der Waals surface area contributed by atoms with E-state index in [-0.39, 0.29) is 17.2 Å². The highest BCUT2D eigenvalue weighted by atomic mass is 16.5. The normalized spacial score (nSPS) is 15.8. The molecule has 4 heteroatoms. The minimum absolute atomic E-state index is 0.00590. The minimum Gasteiger partial charge on any atom is -0.479 e. The number of carbonyl (C=O) groups is 1. The Morgan fingerprint density at radius 2 is 1.81 bits per heavy atom. The highest BCUT2D eigenvalue weighted by Crippen LogP contribution is 2.47. The summed E-state index contributed by atoms with van der Waals surface area (Å²) >= 11 is 0. The van der Waals surface area contributed by atoms with Crippen molar-refractivity contribution in [1.29, 1.82) is 5.26 Å². The van der Waals surface area contributed by atoms with Gasteiger partial charge in [-0.25, -0.2) is 0 Å². The number of hydrogen-bond acceptors (Lipinski definition) is 3. The first kappa shape index (κ1) is 18.0. The lowest BCUT2D eigenvalue weighted by Crippen LogP contribution is -2.44. The van der Waals surface area contributed by atoms with Crippen LogP contribution in [0.3, 0.4) is 0 Å². The first-order valence-corrected chi connectivity index (χ1v) is 9.05. The van der Waals surface area contributed by atoms with Gasteiger partial charge in [0.15, 0.2) is 6.10 Å². The summed E-state index contributed by atoms with van der Waals surface area (Å²) in [4.78, 5) is 12.8. The molecule has 1 amide bonds. The number of nitrogens with zero attached hydrogens (tertiary/aromatic N) is 1. The van der Waals surface area contributed by atoms with Crippen LogP contribution in [-0.2, 0) is 10.2 Å². The predicted molar refractivity (Wildman–Crippen MR) is 101 cm³/mol. The van der Waals surface area contributed by atoms with Gasteiger partial charge in [-0.1, -0.05) is 56.3 Å². The summed E-state index contributed by atoms with van der Waals surface area (Å²) in [7, 11) is 0. The second-order valence-electron chi connectivity index (χ2n) is 7.25. The minimum atomic E-state index is -0.629. The molecule has 26 heavy (non-hydrogen) atoms. The Hall–Kier alpha value is -2.80. The second kappa shape index (κ2) is 7.61. The molecule has 0 radical (unpaired) electrons. The highest BCUT2D eigenvalue weighted by Gasteiger charge is 2.44. The van der Waals surface area contributed by atoms with Crippen molar-refractivity contribution in [3.63, 3.8) is 0 Å². The number of rotatable bonds is 7. The monoisotopic (exact) mass is 348 g/mol. The fourth-order valence-electron chi connectivity index (χ4n) is 3.16. The van der Waals surface area contributed by atoms with Gasteiger partial charge in [-0.3, -0.25) is 4.79 Å². The van der Waals surface area contributed by atoms with Crippen LogP contribution >= 0.6 is 0 Å². The van der Waals surface area contributed by atoms with Crippen molar-refractivity contribution < 1.29 is 9.53 Å². The molecule has 1 aliphatic carbocycles. The van der Waals surface area contributed by atoms with Gasteiger partial charge in [0.25, 0.3) is 5.91 Å². The fraction of sp³-hybridized carbons (Fsp3) is 0.364. The third-order valence-corrected chi connectivity index (χ3v) is 4.97. The third-order valence-electron chi connectivity index (χ3n) is 4.97. The van der Waals surface area contributed by atoms with E-state index in [4.69, 9.17) is 4.74 Å². The van der Waals surface area contributed by atoms with Crippen LogP contribution in [0.25, 0.3) is 0 Å². The van der Waals surface area contributed by atoms with Crippen molar-refractivity contribution in [3.8, 4) is 11.8 Å². The molecule has 1 saturated carbocycles. The maximum Gasteiger partial charge on any atom is 0.261 e. The zero-order valence-electron chi connectivity index (χ0n) is 15.2. The molecule has 3 rings (SSSR count). The summed E-state index contributed by atoms with van der Waals surface area (Å²) in [5, 5.41) is 12.3. The molecule has 0 aromatic heterocycles. The molecule has 0 aliphatic heterocycles. The summed E-state index contributed by atoms with van der Waals surface area (Å²) in [6.45, 7) is 4.51. The predicted octanol–water partition coefficient (Wildman–Crippen LogP) is 3.81. The zero-order chi connectivity index (χ0) is 18.6. The topological polar surface area (TPSA) is 62.1 Å². The summed E-state index contributed by atoms with van der Waals surface area (Å²) in [6.07, 6.45) is 1.54. The van der Waals surface area contributed by atoms with E-state index in [1.165, 1.54) is 5.56 Å². The van der Waals surface area contributed by atoms with E-state index in [9.17, 15) is 10.1 Å². The Labute approximate surface area is 154 Å². The van der Waals surface area contributed by atoms with Gasteiger partial charge < -0.3 is 10.1 Å². The smallest absolute Gasteiger partial charge is 0.261 e. The van der Waals surface area contributed by atoms with Crippen molar-refractivity contribution >= 4 is 5.91 Å². The van der Waals surface area contributed by atoms with Gasteiger partial charge in [-0.05, 0) is 36.5 Å². The number of amides is 1. The molecule has 1 unspecified atom stereocenters. The van der Waals surface area contributed by atoms with E-state index in [1.807, 2.05) is 32.0 Å². The van der Waals surface area contributed by atoms with E-state index in [2.05, 4.69) is 23.5 Å². The average Bonchev–Trinajstić information content (AvgIpc) is 3.46. The zero-order valence-corrected chi connectivity index (χ0v) is 15.2. The largest absolute Gasteiger partial charge is 0.479 e. The van der Waals surface area contributed by atoms with Gasteiger partial charge in [-0.2, -0.15) is 5.26 Å². The molecule has 0 bridgehead atoms. The van der Waals surface area contributed by atoms with Crippen LogP contribution in [0.4, 0.5) is 0 Å². The van der Waals surface area contributed by atoms with E-state index in [0.717, 1.165) is 12.8 Å². The van der Waals surface area contributed by atoms with E-state index in [0.29, 0.717) is 17.9 Å². The molecule has 1 atom stereocenters. The molecule has 2 aromatic rings. The molecule has 0 saturated heterocycles. The Morgan fingerprint density at radius 1 is 1.15 bits per heavy atom. The molecule has 2 aromatic carbocycles. The molecule has 1 fully saturated rings. The van der Waals surface area contributed by atoms with E-state index >= 15 is 0 Å². The number of nitriles is 1. The van der Waals surface area contributed by atoms with Gasteiger partial charge in [0, 0.05) is 12.0 Å². The standard InChI is InChI=1S/C22H24N2O2/c1-16(2)20(26-19-11-7-6-8-17(19)14-23)21(25)24-15-22(12-13-22)18-9-4-3-5-10-18/h3-11,16,20H,12-13,15H2,1-2H3,(H,24,25). The molecule has 134 valence electrons. The lowest BCUT2D eigenvalue weighted by atomic mass is 9.95. The van der Waals surface area contributed by atoms with Crippen LogP contribution in [0.2, 0.25) is 0 Å². The van der Waals surface area contributed by atoms with Crippen molar-refractivity contribution in [2.45, 2.75) is 38.2 Å². The van der Waals surface area contributed by atoms with Crippen LogP contribution < -0.4 is 10.1 Å². The Balaban J connectivity index is 1.67. The molecule has 0 spiro atoms. The maximum absolute atomic E-state index is 12.8. The van der Waals surface area contributed by atoms with Crippen molar-refractivity contribution in [1.82, 2.24) is 5.32 Å². The summed E-state index contributed by atoms with van der Waals surface area (Å²) in [5.41, 5.74) is 1.77. The second-order valence-corrected chi connectivity index (χ2v) is 7.25. The van der Waals surface area contributed by atoms with E-state index < -0.39 is 6.10 Å². The first-order valence-electron chi connectivity index (χ1n) is 9.05. The van der Waals surface area contributed by atoms with Crippen LogP contribution in [0.5, 0.6) is 5.75 Å².